The van der Waals surface area contributed by atoms with Gasteiger partial charge in [0.2, 0.25) is 5.82 Å². The fourth-order valence-corrected chi connectivity index (χ4v) is 2.75. The van der Waals surface area contributed by atoms with Crippen molar-refractivity contribution in [1.82, 2.24) is 19.7 Å². The number of carbonyl (C=O) groups excluding carboxylic acids is 1. The Morgan fingerprint density at radius 2 is 2.08 bits per heavy atom. The molecule has 0 aliphatic rings. The zero-order chi connectivity index (χ0) is 18.0. The molecule has 25 heavy (non-hydrogen) atoms. The lowest BCUT2D eigenvalue weighted by atomic mass is 10.2. The molecule has 1 amide bonds. The van der Waals surface area contributed by atoms with Gasteiger partial charge >= 0.3 is 0 Å². The van der Waals surface area contributed by atoms with Crippen molar-refractivity contribution in [2.45, 2.75) is 26.3 Å². The van der Waals surface area contributed by atoms with Crippen molar-refractivity contribution >= 4 is 17.5 Å². The van der Waals surface area contributed by atoms with Gasteiger partial charge in [-0.2, -0.15) is 0 Å². The van der Waals surface area contributed by atoms with Crippen LogP contribution in [0.4, 0.5) is 0 Å². The van der Waals surface area contributed by atoms with Crippen LogP contribution in [-0.2, 0) is 6.42 Å². The van der Waals surface area contributed by atoms with Crippen LogP contribution >= 0.6 is 11.6 Å². The monoisotopic (exact) mass is 358 g/mol. The molecular weight excluding hydrogens is 340 g/mol. The molecule has 1 aromatic carbocycles. The molecule has 130 valence electrons. The standard InChI is InChI=1S/C18H19ClN4O2/c1-4-16-20-17(21-23(16)14-9-6-5-8-13(14)19)18(24)22(3)12(2)15-10-7-11-25-15/h5-12H,4H2,1-3H3/t12-/m0/s1. The van der Waals surface area contributed by atoms with Gasteiger partial charge in [-0.3, -0.25) is 4.79 Å². The molecule has 0 spiro atoms. The van der Waals surface area contributed by atoms with Crippen LogP contribution in [-0.4, -0.2) is 32.6 Å². The number of halogens is 1. The summed E-state index contributed by atoms with van der Waals surface area (Å²) in [6.45, 7) is 3.85. The molecule has 0 aliphatic heterocycles. The Kier molecular flexibility index (Phi) is 4.90. The first-order chi connectivity index (χ1) is 12.0. The van der Waals surface area contributed by atoms with Crippen molar-refractivity contribution < 1.29 is 9.21 Å². The average molecular weight is 359 g/mol. The SMILES string of the molecule is CCc1nc(C(=O)N(C)[C@@H](C)c2ccco2)nn1-c1ccccc1Cl. The fraction of sp³-hybridized carbons (Fsp3) is 0.278. The summed E-state index contributed by atoms with van der Waals surface area (Å²) in [5.74, 6) is 1.25. The highest BCUT2D eigenvalue weighted by Crippen LogP contribution is 2.23. The molecule has 3 aromatic rings. The molecule has 0 bridgehead atoms. The van der Waals surface area contributed by atoms with Crippen LogP contribution in [0.3, 0.4) is 0 Å². The molecule has 7 heteroatoms. The maximum absolute atomic E-state index is 12.8. The highest BCUT2D eigenvalue weighted by atomic mass is 35.5. The normalized spacial score (nSPS) is 12.2. The maximum Gasteiger partial charge on any atom is 0.293 e. The summed E-state index contributed by atoms with van der Waals surface area (Å²) < 4.78 is 7.01. The molecule has 0 unspecified atom stereocenters. The number of hydrogen-bond donors (Lipinski definition) is 0. The third kappa shape index (κ3) is 3.30. The van der Waals surface area contributed by atoms with E-state index in [4.69, 9.17) is 16.0 Å². The largest absolute Gasteiger partial charge is 0.467 e. The van der Waals surface area contributed by atoms with Gasteiger partial charge in [0.1, 0.15) is 11.6 Å². The van der Waals surface area contributed by atoms with Gasteiger partial charge in [0.25, 0.3) is 5.91 Å². The van der Waals surface area contributed by atoms with E-state index in [2.05, 4.69) is 10.1 Å². The Hall–Kier alpha value is -2.60. The van der Waals surface area contributed by atoms with E-state index in [0.29, 0.717) is 28.7 Å². The van der Waals surface area contributed by atoms with Crippen LogP contribution in [0.5, 0.6) is 0 Å². The summed E-state index contributed by atoms with van der Waals surface area (Å²) in [4.78, 5) is 18.8. The first kappa shape index (κ1) is 17.2. The van der Waals surface area contributed by atoms with E-state index in [0.717, 1.165) is 0 Å². The third-order valence-corrected chi connectivity index (χ3v) is 4.44. The molecule has 0 radical (unpaired) electrons. The van der Waals surface area contributed by atoms with E-state index in [9.17, 15) is 4.79 Å². The highest BCUT2D eigenvalue weighted by molar-refractivity contribution is 6.32. The molecule has 0 aliphatic carbocycles. The first-order valence-corrected chi connectivity index (χ1v) is 8.42. The number of nitrogens with zero attached hydrogens (tertiary/aromatic N) is 4. The predicted octanol–water partition coefficient (Wildman–Crippen LogP) is 3.91. The Balaban J connectivity index is 1.93. The summed E-state index contributed by atoms with van der Waals surface area (Å²) in [7, 11) is 1.71. The van der Waals surface area contributed by atoms with E-state index in [-0.39, 0.29) is 17.8 Å². The zero-order valence-electron chi connectivity index (χ0n) is 14.3. The van der Waals surface area contributed by atoms with Crippen LogP contribution < -0.4 is 0 Å². The summed E-state index contributed by atoms with van der Waals surface area (Å²) >= 11 is 6.26. The second-order valence-electron chi connectivity index (χ2n) is 5.68. The van der Waals surface area contributed by atoms with E-state index in [1.807, 2.05) is 38.1 Å². The van der Waals surface area contributed by atoms with Gasteiger partial charge in [0.05, 0.1) is 23.0 Å². The Morgan fingerprint density at radius 3 is 2.72 bits per heavy atom. The van der Waals surface area contributed by atoms with Crippen molar-refractivity contribution in [2.24, 2.45) is 0 Å². The van der Waals surface area contributed by atoms with E-state index < -0.39 is 0 Å². The predicted molar refractivity (Wildman–Crippen MR) is 95.0 cm³/mol. The number of rotatable bonds is 5. The lowest BCUT2D eigenvalue weighted by molar-refractivity contribution is 0.0714. The Labute approximate surface area is 151 Å². The third-order valence-electron chi connectivity index (χ3n) is 4.12. The molecule has 6 nitrogen and oxygen atoms in total. The van der Waals surface area contributed by atoms with Gasteiger partial charge in [0, 0.05) is 13.5 Å². The van der Waals surface area contributed by atoms with Gasteiger partial charge in [-0.25, -0.2) is 9.67 Å². The quantitative estimate of drug-likeness (QED) is 0.693. The molecule has 0 saturated carbocycles. The molecule has 2 aromatic heterocycles. The number of furan rings is 1. The zero-order valence-corrected chi connectivity index (χ0v) is 15.1. The summed E-state index contributed by atoms with van der Waals surface area (Å²) in [5.41, 5.74) is 0.703. The van der Waals surface area contributed by atoms with Gasteiger partial charge in [-0.1, -0.05) is 30.7 Å². The second kappa shape index (κ2) is 7.11. The number of hydrogen-bond acceptors (Lipinski definition) is 4. The molecule has 3 rings (SSSR count). The van der Waals surface area contributed by atoms with Crippen LogP contribution in [0.1, 0.15) is 42.1 Å². The van der Waals surface area contributed by atoms with Crippen LogP contribution in [0.2, 0.25) is 5.02 Å². The van der Waals surface area contributed by atoms with Crippen molar-refractivity contribution in [2.75, 3.05) is 7.05 Å². The molecule has 2 heterocycles. The van der Waals surface area contributed by atoms with Crippen LogP contribution in [0.25, 0.3) is 5.69 Å². The van der Waals surface area contributed by atoms with Crippen LogP contribution in [0.15, 0.2) is 47.1 Å². The Bertz CT molecular complexity index is 873. The summed E-state index contributed by atoms with van der Waals surface area (Å²) in [6, 6.07) is 10.8. The first-order valence-electron chi connectivity index (χ1n) is 8.04. The van der Waals surface area contributed by atoms with Crippen molar-refractivity contribution in [1.29, 1.82) is 0 Å². The van der Waals surface area contributed by atoms with Gasteiger partial charge in [0.15, 0.2) is 0 Å². The minimum atomic E-state index is -0.274. The van der Waals surface area contributed by atoms with Gasteiger partial charge in [-0.05, 0) is 31.2 Å². The molecular formula is C18H19ClN4O2. The summed E-state index contributed by atoms with van der Waals surface area (Å²) in [5, 5.41) is 4.95. The molecule has 0 fully saturated rings. The lowest BCUT2D eigenvalue weighted by Gasteiger charge is -2.21. The number of benzene rings is 1. The maximum atomic E-state index is 12.8. The lowest BCUT2D eigenvalue weighted by Crippen LogP contribution is -2.30. The fourth-order valence-electron chi connectivity index (χ4n) is 2.53. The molecule has 0 N–H and O–H groups in total. The van der Waals surface area contributed by atoms with E-state index in [1.165, 1.54) is 0 Å². The van der Waals surface area contributed by atoms with Crippen LogP contribution in [0, 0.1) is 0 Å². The number of aryl methyl sites for hydroxylation is 1. The topological polar surface area (TPSA) is 64.2 Å². The minimum Gasteiger partial charge on any atom is -0.467 e. The summed E-state index contributed by atoms with van der Waals surface area (Å²) in [6.07, 6.45) is 2.21. The van der Waals surface area contributed by atoms with E-state index in [1.54, 1.807) is 35.0 Å². The average Bonchev–Trinajstić information content (AvgIpc) is 3.29. The van der Waals surface area contributed by atoms with Crippen molar-refractivity contribution in [3.63, 3.8) is 0 Å². The van der Waals surface area contributed by atoms with Gasteiger partial charge < -0.3 is 9.32 Å². The Morgan fingerprint density at radius 1 is 1.32 bits per heavy atom. The molecule has 1 atom stereocenters. The minimum absolute atomic E-state index is 0.137. The number of carbonyl (C=O) groups is 1. The number of amides is 1. The van der Waals surface area contributed by atoms with Crippen molar-refractivity contribution in [3.8, 4) is 5.69 Å². The van der Waals surface area contributed by atoms with Gasteiger partial charge in [-0.15, -0.1) is 5.10 Å². The van der Waals surface area contributed by atoms with E-state index >= 15 is 0 Å². The van der Waals surface area contributed by atoms with Crippen molar-refractivity contribution in [3.05, 3.63) is 65.1 Å². The smallest absolute Gasteiger partial charge is 0.293 e. The number of para-hydroxylation sites is 1. The second-order valence-corrected chi connectivity index (χ2v) is 6.08. The molecule has 0 saturated heterocycles. The number of aromatic nitrogens is 3. The highest BCUT2D eigenvalue weighted by Gasteiger charge is 2.25.